The van der Waals surface area contributed by atoms with Crippen molar-refractivity contribution < 1.29 is 9.59 Å². The number of amides is 3. The number of nitrogens with one attached hydrogen (secondary N) is 2. The zero-order valence-electron chi connectivity index (χ0n) is 13.5. The maximum absolute atomic E-state index is 12.5. The maximum Gasteiger partial charge on any atom is 0.319 e. The van der Waals surface area contributed by atoms with Crippen molar-refractivity contribution in [1.82, 2.24) is 10.2 Å². The summed E-state index contributed by atoms with van der Waals surface area (Å²) in [5, 5.41) is 5.48. The van der Waals surface area contributed by atoms with Gasteiger partial charge < -0.3 is 21.3 Å². The van der Waals surface area contributed by atoms with E-state index in [2.05, 4.69) is 10.6 Å². The molecule has 1 heterocycles. The van der Waals surface area contributed by atoms with Gasteiger partial charge in [-0.1, -0.05) is 6.07 Å². The zero-order chi connectivity index (χ0) is 16.1. The maximum atomic E-state index is 12.5. The Morgan fingerprint density at radius 3 is 2.74 bits per heavy atom. The highest BCUT2D eigenvalue weighted by Crippen LogP contribution is 2.16. The van der Waals surface area contributed by atoms with Gasteiger partial charge in [0.2, 0.25) is 0 Å². The molecule has 128 valence electrons. The fraction of sp³-hybridized carbons (Fsp3) is 0.500. The van der Waals surface area contributed by atoms with Gasteiger partial charge in [0.15, 0.2) is 0 Å². The van der Waals surface area contributed by atoms with Crippen molar-refractivity contribution >= 4 is 30.0 Å². The van der Waals surface area contributed by atoms with Crippen molar-refractivity contribution in [2.24, 2.45) is 5.73 Å². The lowest BCUT2D eigenvalue weighted by Crippen LogP contribution is -2.45. The molecule has 1 fully saturated rings. The summed E-state index contributed by atoms with van der Waals surface area (Å²) in [6, 6.07) is 6.81. The van der Waals surface area contributed by atoms with Crippen LogP contribution in [0.2, 0.25) is 0 Å². The largest absolute Gasteiger partial charge is 0.337 e. The first kappa shape index (κ1) is 19.3. The minimum Gasteiger partial charge on any atom is -0.337 e. The number of hydrogen-bond acceptors (Lipinski definition) is 3. The van der Waals surface area contributed by atoms with Gasteiger partial charge in [0.1, 0.15) is 0 Å². The second kappa shape index (κ2) is 8.74. The van der Waals surface area contributed by atoms with Crippen molar-refractivity contribution in [1.29, 1.82) is 0 Å². The van der Waals surface area contributed by atoms with Gasteiger partial charge in [0.05, 0.1) is 0 Å². The molecule has 1 aromatic carbocycles. The van der Waals surface area contributed by atoms with Crippen LogP contribution in [-0.2, 0) is 0 Å². The van der Waals surface area contributed by atoms with E-state index in [1.165, 1.54) is 0 Å². The Bertz CT molecular complexity index is 551. The topological polar surface area (TPSA) is 87.5 Å². The van der Waals surface area contributed by atoms with E-state index in [1.54, 1.807) is 29.2 Å². The van der Waals surface area contributed by atoms with Crippen LogP contribution in [-0.4, -0.2) is 42.0 Å². The number of carbonyl (C=O) groups is 2. The van der Waals surface area contributed by atoms with Crippen molar-refractivity contribution in [2.75, 3.05) is 18.4 Å². The van der Waals surface area contributed by atoms with Crippen molar-refractivity contribution in [2.45, 2.75) is 38.8 Å². The molecule has 0 aromatic heterocycles. The molecule has 23 heavy (non-hydrogen) atoms. The normalized spacial score (nSPS) is 17.4. The number of hydrogen-bond donors (Lipinski definition) is 3. The molecule has 4 N–H and O–H groups in total. The summed E-state index contributed by atoms with van der Waals surface area (Å²) in [6.45, 7) is 5.10. The van der Waals surface area contributed by atoms with E-state index in [-0.39, 0.29) is 36.4 Å². The van der Waals surface area contributed by atoms with Crippen LogP contribution in [0.3, 0.4) is 0 Å². The van der Waals surface area contributed by atoms with Crippen LogP contribution in [0.5, 0.6) is 0 Å². The molecule has 7 heteroatoms. The molecule has 2 rings (SSSR count). The molecule has 0 saturated carbocycles. The molecule has 1 atom stereocenters. The van der Waals surface area contributed by atoms with E-state index < -0.39 is 0 Å². The highest BCUT2D eigenvalue weighted by Gasteiger charge is 2.22. The van der Waals surface area contributed by atoms with Gasteiger partial charge in [-0.05, 0) is 44.9 Å². The monoisotopic (exact) mass is 340 g/mol. The molecule has 0 spiro atoms. The van der Waals surface area contributed by atoms with Gasteiger partial charge in [-0.15, -0.1) is 12.4 Å². The molecule has 1 saturated heterocycles. The van der Waals surface area contributed by atoms with Crippen LogP contribution in [0.1, 0.15) is 37.0 Å². The predicted octanol–water partition coefficient (Wildman–Crippen LogP) is 2.20. The van der Waals surface area contributed by atoms with Crippen molar-refractivity contribution in [3.63, 3.8) is 0 Å². The van der Waals surface area contributed by atoms with E-state index in [0.717, 1.165) is 19.4 Å². The average molecular weight is 341 g/mol. The second-order valence-electron chi connectivity index (χ2n) is 5.99. The number of piperidine rings is 1. The standard InChI is InChI=1S/C16H24N4O2.ClH/c1-11(2)18-16(22)19-14-7-3-5-12(9-14)15(21)20-8-4-6-13(17)10-20;/h3,5,7,9,11,13H,4,6,8,10,17H2,1-2H3,(H2,18,19,22);1H. The number of anilines is 1. The molecular weight excluding hydrogens is 316 g/mol. The summed E-state index contributed by atoms with van der Waals surface area (Å²) in [5.41, 5.74) is 7.09. The number of likely N-dealkylation sites (tertiary alicyclic amines) is 1. The van der Waals surface area contributed by atoms with Crippen LogP contribution in [0.4, 0.5) is 10.5 Å². The van der Waals surface area contributed by atoms with Crippen molar-refractivity contribution in [3.05, 3.63) is 29.8 Å². The van der Waals surface area contributed by atoms with E-state index in [4.69, 9.17) is 5.73 Å². The van der Waals surface area contributed by atoms with Gasteiger partial charge in [-0.25, -0.2) is 4.79 Å². The summed E-state index contributed by atoms with van der Waals surface area (Å²) >= 11 is 0. The van der Waals surface area contributed by atoms with Crippen LogP contribution in [0.15, 0.2) is 24.3 Å². The van der Waals surface area contributed by atoms with Gasteiger partial charge in [-0.3, -0.25) is 4.79 Å². The lowest BCUT2D eigenvalue weighted by atomic mass is 10.1. The summed E-state index contributed by atoms with van der Waals surface area (Å²) < 4.78 is 0. The molecular formula is C16H25ClN4O2. The third kappa shape index (κ3) is 5.73. The van der Waals surface area contributed by atoms with E-state index in [0.29, 0.717) is 17.8 Å². The molecule has 3 amide bonds. The van der Waals surface area contributed by atoms with Crippen LogP contribution in [0, 0.1) is 0 Å². The number of urea groups is 1. The second-order valence-corrected chi connectivity index (χ2v) is 5.99. The number of benzene rings is 1. The first-order chi connectivity index (χ1) is 10.5. The van der Waals surface area contributed by atoms with Gasteiger partial charge in [0.25, 0.3) is 5.91 Å². The Kier molecular flexibility index (Phi) is 7.32. The zero-order valence-corrected chi connectivity index (χ0v) is 14.4. The summed E-state index contributed by atoms with van der Waals surface area (Å²) in [5.74, 6) is -0.0388. The number of halogens is 1. The lowest BCUT2D eigenvalue weighted by molar-refractivity contribution is 0.0709. The van der Waals surface area contributed by atoms with Crippen LogP contribution < -0.4 is 16.4 Å². The van der Waals surface area contributed by atoms with Gasteiger partial charge in [-0.2, -0.15) is 0 Å². The summed E-state index contributed by atoms with van der Waals surface area (Å²) in [4.78, 5) is 26.0. The first-order valence-corrected chi connectivity index (χ1v) is 7.68. The Labute approximate surface area is 143 Å². The van der Waals surface area contributed by atoms with Crippen LogP contribution >= 0.6 is 12.4 Å². The molecule has 6 nitrogen and oxygen atoms in total. The molecule has 0 aliphatic carbocycles. The Morgan fingerprint density at radius 1 is 1.35 bits per heavy atom. The smallest absolute Gasteiger partial charge is 0.319 e. The number of nitrogens with zero attached hydrogens (tertiary/aromatic N) is 1. The van der Waals surface area contributed by atoms with E-state index >= 15 is 0 Å². The number of carbonyl (C=O) groups excluding carboxylic acids is 2. The average Bonchev–Trinajstić information content (AvgIpc) is 2.45. The Hall–Kier alpha value is -1.79. The third-order valence-electron chi connectivity index (χ3n) is 3.53. The summed E-state index contributed by atoms with van der Waals surface area (Å²) in [7, 11) is 0. The molecule has 1 unspecified atom stereocenters. The molecule has 1 aromatic rings. The third-order valence-corrected chi connectivity index (χ3v) is 3.53. The van der Waals surface area contributed by atoms with E-state index in [1.807, 2.05) is 13.8 Å². The number of rotatable bonds is 3. The minimum absolute atomic E-state index is 0. The quantitative estimate of drug-likeness (QED) is 0.788. The fourth-order valence-electron chi connectivity index (χ4n) is 2.54. The Balaban J connectivity index is 0.00000264. The SMILES string of the molecule is CC(C)NC(=O)Nc1cccc(C(=O)N2CCCC(N)C2)c1.Cl. The highest BCUT2D eigenvalue weighted by molar-refractivity contribution is 5.97. The Morgan fingerprint density at radius 2 is 2.09 bits per heavy atom. The van der Waals surface area contributed by atoms with Crippen molar-refractivity contribution in [3.8, 4) is 0 Å². The predicted molar refractivity (Wildman–Crippen MR) is 94.1 cm³/mol. The minimum atomic E-state index is -0.278. The molecule has 1 aliphatic rings. The molecule has 0 radical (unpaired) electrons. The highest BCUT2D eigenvalue weighted by atomic mass is 35.5. The van der Waals surface area contributed by atoms with Gasteiger partial charge in [0, 0.05) is 36.4 Å². The lowest BCUT2D eigenvalue weighted by Gasteiger charge is -2.30. The first-order valence-electron chi connectivity index (χ1n) is 7.68. The molecule has 1 aliphatic heterocycles. The van der Waals surface area contributed by atoms with E-state index in [9.17, 15) is 9.59 Å². The fourth-order valence-corrected chi connectivity index (χ4v) is 2.54. The number of nitrogens with two attached hydrogens (primary N) is 1. The molecule has 0 bridgehead atoms. The van der Waals surface area contributed by atoms with Crippen LogP contribution in [0.25, 0.3) is 0 Å². The van der Waals surface area contributed by atoms with Gasteiger partial charge >= 0.3 is 6.03 Å². The summed E-state index contributed by atoms with van der Waals surface area (Å²) in [6.07, 6.45) is 1.89.